The van der Waals surface area contributed by atoms with Crippen LogP contribution in [0.25, 0.3) is 0 Å². The van der Waals surface area contributed by atoms with Gasteiger partial charge in [0.25, 0.3) is 0 Å². The van der Waals surface area contributed by atoms with E-state index >= 15 is 0 Å². The van der Waals surface area contributed by atoms with Crippen molar-refractivity contribution in [2.45, 2.75) is 25.4 Å². The predicted octanol–water partition coefficient (Wildman–Crippen LogP) is 3.21. The van der Waals surface area contributed by atoms with Crippen molar-refractivity contribution in [2.75, 3.05) is 39.8 Å². The van der Waals surface area contributed by atoms with Gasteiger partial charge < -0.3 is 24.6 Å². The fourth-order valence-corrected chi connectivity index (χ4v) is 3.52. The van der Waals surface area contributed by atoms with Gasteiger partial charge in [0.05, 0.1) is 20.3 Å². The Morgan fingerprint density at radius 3 is 2.79 bits per heavy atom. The largest absolute Gasteiger partial charge is 0.497 e. The van der Waals surface area contributed by atoms with Crippen LogP contribution >= 0.6 is 0 Å². The van der Waals surface area contributed by atoms with E-state index in [2.05, 4.69) is 10.3 Å². The molecule has 1 fully saturated rings. The van der Waals surface area contributed by atoms with Crippen LogP contribution in [-0.4, -0.2) is 50.8 Å². The van der Waals surface area contributed by atoms with Crippen molar-refractivity contribution in [3.63, 3.8) is 0 Å². The molecular formula is C21H28N4O3. The van der Waals surface area contributed by atoms with Crippen molar-refractivity contribution < 1.29 is 14.3 Å². The summed E-state index contributed by atoms with van der Waals surface area (Å²) >= 11 is 0. The average Bonchev–Trinajstić information content (AvgIpc) is 3.21. The van der Waals surface area contributed by atoms with E-state index in [1.165, 1.54) is 0 Å². The number of aromatic nitrogens is 1. The molecule has 1 aliphatic heterocycles. The quantitative estimate of drug-likeness (QED) is 0.828. The Labute approximate surface area is 166 Å². The maximum absolute atomic E-state index is 12.9. The Kier molecular flexibility index (Phi) is 6.23. The summed E-state index contributed by atoms with van der Waals surface area (Å²) in [6, 6.07) is 9.59. The molecule has 1 aromatic carbocycles. The molecule has 1 N–H and O–H groups in total. The summed E-state index contributed by atoms with van der Waals surface area (Å²) in [4.78, 5) is 21.0. The lowest BCUT2D eigenvalue weighted by Crippen LogP contribution is -2.39. The number of ether oxygens (including phenoxy) is 2. The van der Waals surface area contributed by atoms with Crippen LogP contribution in [0, 0.1) is 0 Å². The number of rotatable bonds is 6. The van der Waals surface area contributed by atoms with Gasteiger partial charge in [-0.25, -0.2) is 9.78 Å². The molecule has 0 aliphatic carbocycles. The van der Waals surface area contributed by atoms with Gasteiger partial charge in [-0.2, -0.15) is 0 Å². The summed E-state index contributed by atoms with van der Waals surface area (Å²) in [6.45, 7) is 1.19. The second kappa shape index (κ2) is 8.82. The highest BCUT2D eigenvalue weighted by atomic mass is 16.5. The molecule has 28 heavy (non-hydrogen) atoms. The molecule has 0 spiro atoms. The lowest BCUT2D eigenvalue weighted by molar-refractivity contribution is 0.191. The smallest absolute Gasteiger partial charge is 0.318 e. The van der Waals surface area contributed by atoms with Gasteiger partial charge in [0.1, 0.15) is 17.3 Å². The topological polar surface area (TPSA) is 66.9 Å². The van der Waals surface area contributed by atoms with Crippen LogP contribution in [0.2, 0.25) is 0 Å². The number of methoxy groups -OCH3 is 2. The number of carbonyl (C=O) groups is 1. The van der Waals surface area contributed by atoms with Crippen LogP contribution < -0.4 is 19.7 Å². The molecule has 1 aromatic heterocycles. The van der Waals surface area contributed by atoms with Gasteiger partial charge in [0.2, 0.25) is 0 Å². The third-order valence-corrected chi connectivity index (χ3v) is 5.03. The van der Waals surface area contributed by atoms with Gasteiger partial charge in [-0.3, -0.25) is 0 Å². The van der Waals surface area contributed by atoms with Gasteiger partial charge in [-0.15, -0.1) is 0 Å². The molecule has 0 saturated carbocycles. The van der Waals surface area contributed by atoms with Crippen molar-refractivity contribution >= 4 is 11.8 Å². The molecule has 3 rings (SSSR count). The van der Waals surface area contributed by atoms with Gasteiger partial charge >= 0.3 is 6.03 Å². The zero-order valence-corrected chi connectivity index (χ0v) is 16.9. The van der Waals surface area contributed by atoms with Crippen LogP contribution in [0.15, 0.2) is 36.5 Å². The molecule has 1 saturated heterocycles. The molecule has 150 valence electrons. The highest BCUT2D eigenvalue weighted by molar-refractivity contribution is 5.75. The number of benzene rings is 1. The first kappa shape index (κ1) is 19.8. The average molecular weight is 384 g/mol. The number of pyridine rings is 1. The van der Waals surface area contributed by atoms with Crippen LogP contribution in [0.4, 0.5) is 10.6 Å². The zero-order chi connectivity index (χ0) is 20.1. The molecule has 0 bridgehead atoms. The Bertz CT molecular complexity index is 825. The maximum Gasteiger partial charge on any atom is 0.318 e. The first-order chi connectivity index (χ1) is 13.5. The summed E-state index contributed by atoms with van der Waals surface area (Å²) in [5.74, 6) is 2.35. The van der Waals surface area contributed by atoms with Crippen molar-refractivity contribution in [3.8, 4) is 11.5 Å². The predicted molar refractivity (Wildman–Crippen MR) is 109 cm³/mol. The van der Waals surface area contributed by atoms with E-state index in [1.807, 2.05) is 54.2 Å². The Morgan fingerprint density at radius 2 is 2.07 bits per heavy atom. The van der Waals surface area contributed by atoms with Gasteiger partial charge in [-0.1, -0.05) is 0 Å². The molecule has 0 radical (unpaired) electrons. The van der Waals surface area contributed by atoms with Crippen molar-refractivity contribution in [3.05, 3.63) is 47.7 Å². The van der Waals surface area contributed by atoms with Crippen molar-refractivity contribution in [1.29, 1.82) is 0 Å². The number of amides is 2. The maximum atomic E-state index is 12.9. The third-order valence-electron chi connectivity index (χ3n) is 5.03. The number of urea groups is 1. The summed E-state index contributed by atoms with van der Waals surface area (Å²) < 4.78 is 10.8. The Hall–Kier alpha value is -2.96. The summed E-state index contributed by atoms with van der Waals surface area (Å²) in [7, 11) is 7.16. The number of anilines is 1. The minimum absolute atomic E-state index is 0.00404. The summed E-state index contributed by atoms with van der Waals surface area (Å²) in [6.07, 6.45) is 3.64. The van der Waals surface area contributed by atoms with E-state index in [9.17, 15) is 4.79 Å². The van der Waals surface area contributed by atoms with Crippen LogP contribution in [0.1, 0.15) is 30.0 Å². The molecule has 2 heterocycles. The number of likely N-dealkylation sites (tertiary alicyclic amines) is 1. The number of nitrogens with one attached hydrogen (secondary N) is 1. The first-order valence-corrected chi connectivity index (χ1v) is 9.42. The van der Waals surface area contributed by atoms with Crippen LogP contribution in [0.3, 0.4) is 0 Å². The number of hydrogen-bond acceptors (Lipinski definition) is 5. The fourth-order valence-electron chi connectivity index (χ4n) is 3.52. The summed E-state index contributed by atoms with van der Waals surface area (Å²) in [5, 5.41) is 3.04. The van der Waals surface area contributed by atoms with E-state index in [0.717, 1.165) is 47.8 Å². The molecule has 2 aromatic rings. The zero-order valence-electron chi connectivity index (χ0n) is 16.9. The molecule has 1 atom stereocenters. The van der Waals surface area contributed by atoms with Crippen LogP contribution in [-0.2, 0) is 6.54 Å². The molecule has 7 heteroatoms. The van der Waals surface area contributed by atoms with Gasteiger partial charge in [0, 0.05) is 45.0 Å². The van der Waals surface area contributed by atoms with Crippen molar-refractivity contribution in [1.82, 2.24) is 15.2 Å². The van der Waals surface area contributed by atoms with E-state index in [-0.39, 0.29) is 12.1 Å². The number of carbonyl (C=O) groups excluding carboxylic acids is 1. The normalized spacial score (nSPS) is 16.0. The fraction of sp³-hybridized carbons (Fsp3) is 0.429. The lowest BCUT2D eigenvalue weighted by Gasteiger charge is -2.27. The Balaban J connectivity index is 1.71. The lowest BCUT2D eigenvalue weighted by atomic mass is 10.0. The molecular weight excluding hydrogens is 356 g/mol. The Morgan fingerprint density at radius 1 is 1.25 bits per heavy atom. The second-order valence-corrected chi connectivity index (χ2v) is 7.03. The standard InChI is InChI=1S/C21H28N4O3/c1-24(2)20-12-15(9-10-22-20)14-23-21(26)25-11-5-6-18(25)17-8-7-16(27-3)13-19(17)28-4/h7-10,12-13,18H,5-6,11,14H2,1-4H3,(H,23,26). The van der Waals surface area contributed by atoms with E-state index < -0.39 is 0 Å². The SMILES string of the molecule is COc1ccc(C2CCCN2C(=O)NCc2ccnc(N(C)C)c2)c(OC)c1. The minimum atomic E-state index is -0.0661. The first-order valence-electron chi connectivity index (χ1n) is 9.42. The third kappa shape index (κ3) is 4.30. The highest BCUT2D eigenvalue weighted by Gasteiger charge is 2.32. The summed E-state index contributed by atoms with van der Waals surface area (Å²) in [5.41, 5.74) is 2.03. The van der Waals surface area contributed by atoms with E-state index in [4.69, 9.17) is 9.47 Å². The van der Waals surface area contributed by atoms with Crippen molar-refractivity contribution in [2.24, 2.45) is 0 Å². The number of hydrogen-bond donors (Lipinski definition) is 1. The molecule has 7 nitrogen and oxygen atoms in total. The molecule has 1 aliphatic rings. The number of nitrogens with zero attached hydrogens (tertiary/aromatic N) is 3. The minimum Gasteiger partial charge on any atom is -0.497 e. The van der Waals surface area contributed by atoms with Crippen LogP contribution in [0.5, 0.6) is 11.5 Å². The van der Waals surface area contributed by atoms with Gasteiger partial charge in [0.15, 0.2) is 0 Å². The van der Waals surface area contributed by atoms with Gasteiger partial charge in [-0.05, 0) is 42.7 Å². The second-order valence-electron chi connectivity index (χ2n) is 7.03. The van der Waals surface area contributed by atoms with E-state index in [0.29, 0.717) is 6.54 Å². The molecule has 1 unspecified atom stereocenters. The van der Waals surface area contributed by atoms with E-state index in [1.54, 1.807) is 20.4 Å². The highest BCUT2D eigenvalue weighted by Crippen LogP contribution is 2.38. The monoisotopic (exact) mass is 384 g/mol. The molecule has 2 amide bonds.